The van der Waals surface area contributed by atoms with Gasteiger partial charge in [-0.3, -0.25) is 4.99 Å². The summed E-state index contributed by atoms with van der Waals surface area (Å²) in [7, 11) is 3.50. The minimum absolute atomic E-state index is 0. The first-order chi connectivity index (χ1) is 11.9. The van der Waals surface area contributed by atoms with Crippen molar-refractivity contribution in [3.05, 3.63) is 0 Å². The van der Waals surface area contributed by atoms with Crippen LogP contribution in [0, 0.1) is 5.41 Å². The van der Waals surface area contributed by atoms with Gasteiger partial charge in [0.05, 0.1) is 18.8 Å². The summed E-state index contributed by atoms with van der Waals surface area (Å²) in [6, 6.07) is 0. The first-order valence-electron chi connectivity index (χ1n) is 9.59. The van der Waals surface area contributed by atoms with E-state index in [1.54, 1.807) is 14.2 Å². The molecule has 0 aromatic rings. The highest BCUT2D eigenvalue weighted by atomic mass is 127. The van der Waals surface area contributed by atoms with E-state index >= 15 is 0 Å². The highest BCUT2D eigenvalue weighted by molar-refractivity contribution is 14.0. The number of piperidine rings is 1. The molecule has 7 heteroatoms. The van der Waals surface area contributed by atoms with Crippen LogP contribution >= 0.6 is 24.0 Å². The minimum atomic E-state index is 0. The van der Waals surface area contributed by atoms with E-state index in [9.17, 15) is 0 Å². The Morgan fingerprint density at radius 2 is 1.85 bits per heavy atom. The van der Waals surface area contributed by atoms with E-state index in [0.717, 1.165) is 58.1 Å². The molecular formula is C19H40IN3O3. The van der Waals surface area contributed by atoms with Gasteiger partial charge in [-0.1, -0.05) is 20.8 Å². The van der Waals surface area contributed by atoms with Crippen molar-refractivity contribution >= 4 is 29.9 Å². The predicted molar refractivity (Wildman–Crippen MR) is 119 cm³/mol. The van der Waals surface area contributed by atoms with E-state index < -0.39 is 0 Å². The number of hydrogen-bond acceptors (Lipinski definition) is 4. The second kappa shape index (κ2) is 14.0. The SMILES string of the molecule is CCNC(=NCC(OC)C(C)(C)C)N1CCC(OCCCOC)CC1.I. The van der Waals surface area contributed by atoms with Crippen LogP contribution in [0.25, 0.3) is 0 Å². The molecule has 0 spiro atoms. The zero-order valence-electron chi connectivity index (χ0n) is 17.5. The third-order valence-corrected chi connectivity index (χ3v) is 4.58. The summed E-state index contributed by atoms with van der Waals surface area (Å²) >= 11 is 0. The maximum absolute atomic E-state index is 5.95. The second-order valence-corrected chi connectivity index (χ2v) is 7.69. The van der Waals surface area contributed by atoms with Gasteiger partial charge in [0.25, 0.3) is 0 Å². The lowest BCUT2D eigenvalue weighted by Gasteiger charge is -2.35. The molecule has 1 saturated heterocycles. The molecule has 0 aromatic carbocycles. The van der Waals surface area contributed by atoms with Gasteiger partial charge < -0.3 is 24.4 Å². The molecule has 1 atom stereocenters. The van der Waals surface area contributed by atoms with Gasteiger partial charge in [0.1, 0.15) is 0 Å². The summed E-state index contributed by atoms with van der Waals surface area (Å²) in [4.78, 5) is 7.18. The van der Waals surface area contributed by atoms with Gasteiger partial charge in [-0.15, -0.1) is 24.0 Å². The van der Waals surface area contributed by atoms with Crippen LogP contribution in [0.1, 0.15) is 47.0 Å². The number of halogens is 1. The van der Waals surface area contributed by atoms with E-state index in [1.165, 1.54) is 0 Å². The number of hydrogen-bond donors (Lipinski definition) is 1. The molecule has 1 aliphatic heterocycles. The zero-order valence-corrected chi connectivity index (χ0v) is 19.9. The topological polar surface area (TPSA) is 55.3 Å². The Morgan fingerprint density at radius 1 is 1.19 bits per heavy atom. The molecular weight excluding hydrogens is 445 g/mol. The standard InChI is InChI=1S/C19H39N3O3.HI/c1-7-20-18(21-15-17(24-6)19(2,3)4)22-11-9-16(10-12-22)25-14-8-13-23-5;/h16-17H,7-15H2,1-6H3,(H,20,21);1H. The number of nitrogens with zero attached hydrogens (tertiary/aromatic N) is 2. The van der Waals surface area contributed by atoms with Crippen LogP contribution in [0.3, 0.4) is 0 Å². The van der Waals surface area contributed by atoms with Crippen LogP contribution in [-0.4, -0.2) is 76.7 Å². The highest BCUT2D eigenvalue weighted by Crippen LogP contribution is 2.22. The number of nitrogens with one attached hydrogen (secondary N) is 1. The summed E-state index contributed by atoms with van der Waals surface area (Å²) in [5, 5.41) is 3.42. The molecule has 0 amide bonds. The molecule has 0 aliphatic carbocycles. The Morgan fingerprint density at radius 3 is 2.35 bits per heavy atom. The zero-order chi connectivity index (χ0) is 18.7. The lowest BCUT2D eigenvalue weighted by atomic mass is 9.89. The third-order valence-electron chi connectivity index (χ3n) is 4.58. The van der Waals surface area contributed by atoms with Gasteiger partial charge in [-0.05, 0) is 31.6 Å². The maximum atomic E-state index is 5.95. The van der Waals surface area contributed by atoms with Gasteiger partial charge in [0.15, 0.2) is 5.96 Å². The van der Waals surface area contributed by atoms with Crippen LogP contribution < -0.4 is 5.32 Å². The van der Waals surface area contributed by atoms with E-state index in [4.69, 9.17) is 19.2 Å². The quantitative estimate of drug-likeness (QED) is 0.235. The second-order valence-electron chi connectivity index (χ2n) is 7.69. The fourth-order valence-electron chi connectivity index (χ4n) is 2.98. The van der Waals surface area contributed by atoms with Crippen molar-refractivity contribution in [2.75, 3.05) is 53.6 Å². The summed E-state index contributed by atoms with van der Waals surface area (Å²) in [6.07, 6.45) is 3.53. The molecule has 1 fully saturated rings. The summed E-state index contributed by atoms with van der Waals surface area (Å²) in [6.45, 7) is 13.7. The number of guanidine groups is 1. The average molecular weight is 485 g/mol. The lowest BCUT2D eigenvalue weighted by molar-refractivity contribution is 0.00943. The Labute approximate surface area is 177 Å². The number of methoxy groups -OCH3 is 2. The normalized spacial score (nSPS) is 17.8. The van der Waals surface area contributed by atoms with Crippen molar-refractivity contribution in [1.29, 1.82) is 0 Å². The molecule has 1 heterocycles. The molecule has 26 heavy (non-hydrogen) atoms. The smallest absolute Gasteiger partial charge is 0.194 e. The Kier molecular flexibility index (Phi) is 13.9. The fourth-order valence-corrected chi connectivity index (χ4v) is 2.98. The van der Waals surface area contributed by atoms with Crippen molar-refractivity contribution in [2.45, 2.75) is 59.2 Å². The van der Waals surface area contributed by atoms with Crippen LogP contribution in [0.4, 0.5) is 0 Å². The van der Waals surface area contributed by atoms with Gasteiger partial charge in [0, 0.05) is 47.1 Å². The molecule has 0 radical (unpaired) electrons. The monoisotopic (exact) mass is 485 g/mol. The highest BCUT2D eigenvalue weighted by Gasteiger charge is 2.26. The van der Waals surface area contributed by atoms with Crippen molar-refractivity contribution in [1.82, 2.24) is 10.2 Å². The number of rotatable bonds is 9. The van der Waals surface area contributed by atoms with Crippen molar-refractivity contribution in [2.24, 2.45) is 10.4 Å². The van der Waals surface area contributed by atoms with E-state index in [-0.39, 0.29) is 35.5 Å². The molecule has 1 unspecified atom stereocenters. The van der Waals surface area contributed by atoms with Crippen molar-refractivity contribution in [3.8, 4) is 0 Å². The predicted octanol–water partition coefficient (Wildman–Crippen LogP) is 3.15. The van der Waals surface area contributed by atoms with Gasteiger partial charge in [-0.2, -0.15) is 0 Å². The van der Waals surface area contributed by atoms with Crippen LogP contribution in [0.15, 0.2) is 4.99 Å². The molecule has 0 aromatic heterocycles. The molecule has 1 N–H and O–H groups in total. The third kappa shape index (κ3) is 9.71. The van der Waals surface area contributed by atoms with Crippen molar-refractivity contribution in [3.63, 3.8) is 0 Å². The van der Waals surface area contributed by atoms with E-state index in [2.05, 4.69) is 37.9 Å². The molecule has 0 bridgehead atoms. The average Bonchev–Trinajstić information content (AvgIpc) is 2.58. The largest absolute Gasteiger partial charge is 0.385 e. The van der Waals surface area contributed by atoms with Gasteiger partial charge in [0.2, 0.25) is 0 Å². The lowest BCUT2D eigenvalue weighted by Crippen LogP contribution is -2.47. The molecule has 1 aliphatic rings. The van der Waals surface area contributed by atoms with Crippen LogP contribution in [-0.2, 0) is 14.2 Å². The van der Waals surface area contributed by atoms with Crippen LogP contribution in [0.2, 0.25) is 0 Å². The van der Waals surface area contributed by atoms with Crippen LogP contribution in [0.5, 0.6) is 0 Å². The summed E-state index contributed by atoms with van der Waals surface area (Å²) < 4.78 is 16.6. The number of ether oxygens (including phenoxy) is 3. The Bertz CT molecular complexity index is 381. The minimum Gasteiger partial charge on any atom is -0.385 e. The Balaban J connectivity index is 0.00000625. The molecule has 1 rings (SSSR count). The Hall–Kier alpha value is -0.120. The molecule has 156 valence electrons. The summed E-state index contributed by atoms with van der Waals surface area (Å²) in [5.41, 5.74) is 0.0820. The van der Waals surface area contributed by atoms with E-state index in [1.807, 2.05) is 0 Å². The van der Waals surface area contributed by atoms with Crippen molar-refractivity contribution < 1.29 is 14.2 Å². The molecule has 0 saturated carbocycles. The van der Waals surface area contributed by atoms with Gasteiger partial charge in [-0.25, -0.2) is 0 Å². The fraction of sp³-hybridized carbons (Fsp3) is 0.947. The number of likely N-dealkylation sites (tertiary alicyclic amines) is 1. The summed E-state index contributed by atoms with van der Waals surface area (Å²) in [5.74, 6) is 0.992. The number of aliphatic imine (C=N–C) groups is 1. The van der Waals surface area contributed by atoms with Gasteiger partial charge >= 0.3 is 0 Å². The van der Waals surface area contributed by atoms with E-state index in [0.29, 0.717) is 12.6 Å². The first kappa shape index (κ1) is 25.9. The maximum Gasteiger partial charge on any atom is 0.194 e. The molecule has 6 nitrogen and oxygen atoms in total. The first-order valence-corrected chi connectivity index (χ1v) is 9.59.